The van der Waals surface area contributed by atoms with E-state index in [4.69, 9.17) is 0 Å². The number of hydrogen-bond acceptors (Lipinski definition) is 4. The second-order valence-electron chi connectivity index (χ2n) is 5.58. The smallest absolute Gasteiger partial charge is 0.273 e. The number of nitrogens with zero attached hydrogens (tertiary/aromatic N) is 3. The van der Waals surface area contributed by atoms with Gasteiger partial charge in [-0.05, 0) is 52.0 Å². The van der Waals surface area contributed by atoms with Crippen LogP contribution in [0.2, 0.25) is 0 Å². The van der Waals surface area contributed by atoms with E-state index in [1.54, 1.807) is 16.0 Å². The first-order chi connectivity index (χ1) is 10.4. The number of carbonyl (C=O) groups excluding carboxylic acids is 1. The van der Waals surface area contributed by atoms with E-state index in [9.17, 15) is 4.79 Å². The fraction of sp³-hybridized carbons (Fsp3) is 0.312. The number of carbonyl (C=O) groups is 1. The zero-order valence-corrected chi connectivity index (χ0v) is 13.9. The molecule has 1 aromatic carbocycles. The molecule has 0 saturated carbocycles. The Bertz CT molecular complexity index is 847. The fourth-order valence-corrected chi connectivity index (χ4v) is 3.26. The lowest BCUT2D eigenvalue weighted by molar-refractivity contribution is 0.101. The Morgan fingerprint density at radius 3 is 2.77 bits per heavy atom. The second-order valence-corrected chi connectivity index (χ2v) is 6.81. The molecule has 3 aromatic rings. The van der Waals surface area contributed by atoms with E-state index in [0.717, 1.165) is 26.6 Å². The summed E-state index contributed by atoms with van der Waals surface area (Å²) in [5, 5.41) is 8.34. The molecule has 1 N–H and O–H groups in total. The minimum absolute atomic E-state index is 0.140. The van der Waals surface area contributed by atoms with Crippen LogP contribution in [-0.4, -0.2) is 20.7 Å². The highest BCUT2D eigenvalue weighted by Gasteiger charge is 2.16. The van der Waals surface area contributed by atoms with Gasteiger partial charge in [-0.3, -0.25) is 9.48 Å². The van der Waals surface area contributed by atoms with Gasteiger partial charge in [0.2, 0.25) is 0 Å². The Labute approximate surface area is 133 Å². The van der Waals surface area contributed by atoms with Gasteiger partial charge in [-0.25, -0.2) is 4.98 Å². The van der Waals surface area contributed by atoms with E-state index < -0.39 is 0 Å². The summed E-state index contributed by atoms with van der Waals surface area (Å²) in [6, 6.07) is 7.72. The molecule has 114 valence electrons. The van der Waals surface area contributed by atoms with E-state index in [1.807, 2.05) is 52.0 Å². The van der Waals surface area contributed by atoms with Gasteiger partial charge in [0.05, 0.1) is 20.9 Å². The average Bonchev–Trinajstić information content (AvgIpc) is 3.00. The number of aryl methyl sites for hydroxylation is 2. The van der Waals surface area contributed by atoms with E-state index in [0.29, 0.717) is 5.69 Å². The number of amides is 1. The molecule has 22 heavy (non-hydrogen) atoms. The molecule has 5 nitrogen and oxygen atoms in total. The summed E-state index contributed by atoms with van der Waals surface area (Å²) in [6.45, 7) is 7.89. The summed E-state index contributed by atoms with van der Waals surface area (Å²) in [5.41, 5.74) is 3.15. The fourth-order valence-electron chi connectivity index (χ4n) is 2.39. The normalized spacial score (nSPS) is 11.3. The maximum atomic E-state index is 12.5. The van der Waals surface area contributed by atoms with Gasteiger partial charge in [-0.2, -0.15) is 5.10 Å². The lowest BCUT2D eigenvalue weighted by Gasteiger charge is -2.11. The summed E-state index contributed by atoms with van der Waals surface area (Å²) in [7, 11) is 0. The Balaban J connectivity index is 1.89. The standard InChI is InChI=1S/C16H18N4OS/c1-9(2)20-14(7-10(3)19-20)16(21)18-12-5-6-13-15(8-12)22-11(4)17-13/h5-9H,1-4H3,(H,18,21). The zero-order valence-electron chi connectivity index (χ0n) is 13.0. The van der Waals surface area contributed by atoms with Crippen LogP contribution in [0.25, 0.3) is 10.2 Å². The molecule has 0 aliphatic heterocycles. The number of fused-ring (bicyclic) bond motifs is 1. The van der Waals surface area contributed by atoms with Crippen LogP contribution < -0.4 is 5.32 Å². The first-order valence-corrected chi connectivity index (χ1v) is 8.00. The van der Waals surface area contributed by atoms with Gasteiger partial charge in [0, 0.05) is 11.7 Å². The molecule has 0 bridgehead atoms. The van der Waals surface area contributed by atoms with Crippen molar-refractivity contribution in [3.05, 3.63) is 40.7 Å². The van der Waals surface area contributed by atoms with Crippen molar-refractivity contribution in [1.29, 1.82) is 0 Å². The maximum absolute atomic E-state index is 12.5. The maximum Gasteiger partial charge on any atom is 0.273 e. The lowest BCUT2D eigenvalue weighted by Crippen LogP contribution is -2.18. The van der Waals surface area contributed by atoms with Gasteiger partial charge < -0.3 is 5.32 Å². The molecule has 0 aliphatic carbocycles. The quantitative estimate of drug-likeness (QED) is 0.796. The molecular formula is C16H18N4OS. The Morgan fingerprint density at radius 1 is 1.27 bits per heavy atom. The van der Waals surface area contributed by atoms with Crippen molar-refractivity contribution in [2.75, 3.05) is 5.32 Å². The molecule has 0 saturated heterocycles. The summed E-state index contributed by atoms with van der Waals surface area (Å²) in [6.07, 6.45) is 0. The lowest BCUT2D eigenvalue weighted by atomic mass is 10.2. The molecule has 1 amide bonds. The van der Waals surface area contributed by atoms with Crippen LogP contribution in [0.1, 0.15) is 41.1 Å². The van der Waals surface area contributed by atoms with E-state index in [1.165, 1.54) is 0 Å². The molecule has 2 aromatic heterocycles. The highest BCUT2D eigenvalue weighted by Crippen LogP contribution is 2.25. The monoisotopic (exact) mass is 314 g/mol. The van der Waals surface area contributed by atoms with Crippen molar-refractivity contribution < 1.29 is 4.79 Å². The summed E-state index contributed by atoms with van der Waals surface area (Å²) >= 11 is 1.62. The number of rotatable bonds is 3. The molecular weight excluding hydrogens is 296 g/mol. The van der Waals surface area contributed by atoms with Crippen molar-refractivity contribution in [2.45, 2.75) is 33.7 Å². The minimum Gasteiger partial charge on any atom is -0.321 e. The van der Waals surface area contributed by atoms with Crippen LogP contribution >= 0.6 is 11.3 Å². The largest absolute Gasteiger partial charge is 0.321 e. The van der Waals surface area contributed by atoms with Crippen molar-refractivity contribution in [3.63, 3.8) is 0 Å². The number of nitrogens with one attached hydrogen (secondary N) is 1. The van der Waals surface area contributed by atoms with Gasteiger partial charge in [0.15, 0.2) is 0 Å². The average molecular weight is 314 g/mol. The van der Waals surface area contributed by atoms with Crippen LogP contribution in [-0.2, 0) is 0 Å². The second kappa shape index (κ2) is 5.53. The van der Waals surface area contributed by atoms with Crippen LogP contribution in [0, 0.1) is 13.8 Å². The Morgan fingerprint density at radius 2 is 2.05 bits per heavy atom. The highest BCUT2D eigenvalue weighted by atomic mass is 32.1. The molecule has 2 heterocycles. The van der Waals surface area contributed by atoms with Gasteiger partial charge in [0.1, 0.15) is 5.69 Å². The van der Waals surface area contributed by atoms with E-state index in [-0.39, 0.29) is 11.9 Å². The van der Waals surface area contributed by atoms with Crippen LogP contribution in [0.3, 0.4) is 0 Å². The van der Waals surface area contributed by atoms with Gasteiger partial charge in [-0.1, -0.05) is 0 Å². The van der Waals surface area contributed by atoms with Gasteiger partial charge in [0.25, 0.3) is 5.91 Å². The number of thiazole rings is 1. The topological polar surface area (TPSA) is 59.8 Å². The zero-order chi connectivity index (χ0) is 15.9. The van der Waals surface area contributed by atoms with Crippen molar-refractivity contribution in [1.82, 2.24) is 14.8 Å². The van der Waals surface area contributed by atoms with Gasteiger partial charge >= 0.3 is 0 Å². The number of aromatic nitrogens is 3. The molecule has 0 atom stereocenters. The SMILES string of the molecule is Cc1cc(C(=O)Nc2ccc3nc(C)sc3c2)n(C(C)C)n1. The molecule has 0 radical (unpaired) electrons. The molecule has 0 aliphatic rings. The predicted molar refractivity (Wildman–Crippen MR) is 89.7 cm³/mol. The van der Waals surface area contributed by atoms with Crippen molar-refractivity contribution in [3.8, 4) is 0 Å². The third-order valence-corrected chi connectivity index (χ3v) is 4.27. The summed E-state index contributed by atoms with van der Waals surface area (Å²) in [5.74, 6) is -0.144. The Kier molecular flexibility index (Phi) is 3.70. The van der Waals surface area contributed by atoms with Crippen LogP contribution in [0.4, 0.5) is 5.69 Å². The van der Waals surface area contributed by atoms with Gasteiger partial charge in [-0.15, -0.1) is 11.3 Å². The Hall–Kier alpha value is -2.21. The minimum atomic E-state index is -0.144. The predicted octanol–water partition coefficient (Wildman–Crippen LogP) is 3.94. The first-order valence-electron chi connectivity index (χ1n) is 7.19. The number of anilines is 1. The third-order valence-electron chi connectivity index (χ3n) is 3.33. The molecule has 0 spiro atoms. The van der Waals surface area contributed by atoms with Crippen molar-refractivity contribution >= 4 is 33.1 Å². The molecule has 3 rings (SSSR count). The van der Waals surface area contributed by atoms with Crippen LogP contribution in [0.15, 0.2) is 24.3 Å². The molecule has 0 fully saturated rings. The van der Waals surface area contributed by atoms with E-state index in [2.05, 4.69) is 15.4 Å². The summed E-state index contributed by atoms with van der Waals surface area (Å²) in [4.78, 5) is 16.9. The number of hydrogen-bond donors (Lipinski definition) is 1. The van der Waals surface area contributed by atoms with E-state index >= 15 is 0 Å². The molecule has 0 unspecified atom stereocenters. The number of benzene rings is 1. The third kappa shape index (κ3) is 2.74. The van der Waals surface area contributed by atoms with Crippen LogP contribution in [0.5, 0.6) is 0 Å². The summed E-state index contributed by atoms with van der Waals surface area (Å²) < 4.78 is 2.82. The highest BCUT2D eigenvalue weighted by molar-refractivity contribution is 7.18. The first kappa shape index (κ1) is 14.7. The molecule has 6 heteroatoms. The van der Waals surface area contributed by atoms with Crippen molar-refractivity contribution in [2.24, 2.45) is 0 Å².